The van der Waals surface area contributed by atoms with Crippen LogP contribution < -0.4 is 5.73 Å². The van der Waals surface area contributed by atoms with Gasteiger partial charge in [-0.2, -0.15) is 0 Å². The Morgan fingerprint density at radius 1 is 1.11 bits per heavy atom. The molecule has 3 nitrogen and oxygen atoms in total. The molecule has 94 valence electrons. The third kappa shape index (κ3) is 2.88. The number of carbonyl (C=O) groups is 1. The number of hydrogen-bond donors (Lipinski definition) is 2. The van der Waals surface area contributed by atoms with E-state index in [4.69, 9.17) is 10.8 Å². The van der Waals surface area contributed by atoms with Crippen molar-refractivity contribution >= 4 is 18.4 Å². The van der Waals surface area contributed by atoms with Gasteiger partial charge >= 0.3 is 5.97 Å². The number of carboxylic acid groups (broad SMARTS) is 1. The van der Waals surface area contributed by atoms with Gasteiger partial charge in [-0.25, -0.2) is 4.79 Å². The predicted molar refractivity (Wildman–Crippen MR) is 74.0 cm³/mol. The van der Waals surface area contributed by atoms with Crippen LogP contribution in [-0.4, -0.2) is 11.1 Å². The van der Waals surface area contributed by atoms with Gasteiger partial charge in [0.15, 0.2) is 0 Å². The molecule has 3 N–H and O–H groups in total. The molecule has 0 aliphatic heterocycles. The topological polar surface area (TPSA) is 63.3 Å². The number of hydrogen-bond acceptors (Lipinski definition) is 2. The molecule has 0 atom stereocenters. The van der Waals surface area contributed by atoms with E-state index in [2.05, 4.69) is 0 Å². The standard InChI is InChI=1S/C14H13NO2.ClH/c15-9-12-7-6-11(14(16)17)8-13(12)10-4-2-1-3-5-10;/h1-8H,9,15H2,(H,16,17);1H. The molecule has 0 saturated heterocycles. The van der Waals surface area contributed by atoms with E-state index in [1.54, 1.807) is 18.2 Å². The molecule has 0 unspecified atom stereocenters. The molecular formula is C14H14ClNO2. The summed E-state index contributed by atoms with van der Waals surface area (Å²) in [5.41, 5.74) is 8.76. The number of carboxylic acids is 1. The lowest BCUT2D eigenvalue weighted by atomic mass is 9.97. The SMILES string of the molecule is Cl.NCc1ccc(C(=O)O)cc1-c1ccccc1. The lowest BCUT2D eigenvalue weighted by molar-refractivity contribution is 0.0697. The molecule has 2 aromatic rings. The van der Waals surface area contributed by atoms with E-state index in [9.17, 15) is 4.79 Å². The molecule has 0 heterocycles. The Kier molecular flexibility index (Phi) is 4.89. The van der Waals surface area contributed by atoms with Crippen molar-refractivity contribution in [2.75, 3.05) is 0 Å². The monoisotopic (exact) mass is 263 g/mol. The Morgan fingerprint density at radius 3 is 2.33 bits per heavy atom. The van der Waals surface area contributed by atoms with Crippen LogP contribution in [0.4, 0.5) is 0 Å². The van der Waals surface area contributed by atoms with Gasteiger partial charge in [0, 0.05) is 6.54 Å². The van der Waals surface area contributed by atoms with Gasteiger partial charge in [0.1, 0.15) is 0 Å². The summed E-state index contributed by atoms with van der Waals surface area (Å²) in [5, 5.41) is 8.99. The molecule has 0 fully saturated rings. The van der Waals surface area contributed by atoms with E-state index in [0.717, 1.165) is 16.7 Å². The maximum atomic E-state index is 11.0. The van der Waals surface area contributed by atoms with Gasteiger partial charge in [-0.3, -0.25) is 0 Å². The van der Waals surface area contributed by atoms with Gasteiger partial charge in [0.05, 0.1) is 5.56 Å². The Hall–Kier alpha value is -1.84. The second kappa shape index (κ2) is 6.19. The van der Waals surface area contributed by atoms with Gasteiger partial charge in [0.25, 0.3) is 0 Å². The molecule has 4 heteroatoms. The first-order valence-corrected chi connectivity index (χ1v) is 5.34. The van der Waals surface area contributed by atoms with Crippen molar-refractivity contribution in [3.05, 3.63) is 59.7 Å². The number of rotatable bonds is 3. The lowest BCUT2D eigenvalue weighted by Gasteiger charge is -2.09. The van der Waals surface area contributed by atoms with Crippen molar-refractivity contribution in [1.29, 1.82) is 0 Å². The summed E-state index contributed by atoms with van der Waals surface area (Å²) in [6.07, 6.45) is 0. The first-order chi connectivity index (χ1) is 8.22. The first kappa shape index (κ1) is 14.2. The summed E-state index contributed by atoms with van der Waals surface area (Å²) in [5.74, 6) is -0.925. The molecule has 18 heavy (non-hydrogen) atoms. The van der Waals surface area contributed by atoms with Gasteiger partial charge in [-0.15, -0.1) is 12.4 Å². The van der Waals surface area contributed by atoms with Crippen LogP contribution in [0.25, 0.3) is 11.1 Å². The second-order valence-corrected chi connectivity index (χ2v) is 3.75. The van der Waals surface area contributed by atoms with Gasteiger partial charge < -0.3 is 10.8 Å². The fraction of sp³-hybridized carbons (Fsp3) is 0.0714. The van der Waals surface area contributed by atoms with Crippen molar-refractivity contribution in [3.63, 3.8) is 0 Å². The van der Waals surface area contributed by atoms with Crippen LogP contribution in [0.15, 0.2) is 48.5 Å². The van der Waals surface area contributed by atoms with Crippen molar-refractivity contribution in [1.82, 2.24) is 0 Å². The Balaban J connectivity index is 0.00000162. The van der Waals surface area contributed by atoms with Crippen molar-refractivity contribution in [2.24, 2.45) is 5.73 Å². The normalized spacial score (nSPS) is 9.61. The van der Waals surface area contributed by atoms with Crippen LogP contribution >= 0.6 is 12.4 Å². The van der Waals surface area contributed by atoms with Crippen LogP contribution in [-0.2, 0) is 6.54 Å². The number of aromatic carboxylic acids is 1. The van der Waals surface area contributed by atoms with Crippen molar-refractivity contribution in [2.45, 2.75) is 6.54 Å². The zero-order valence-electron chi connectivity index (χ0n) is 9.67. The van der Waals surface area contributed by atoms with Gasteiger partial charge in [0.2, 0.25) is 0 Å². The maximum Gasteiger partial charge on any atom is 0.335 e. The minimum atomic E-state index is -0.925. The Labute approximate surface area is 112 Å². The molecule has 0 amide bonds. The maximum absolute atomic E-state index is 11.0. The van der Waals surface area contributed by atoms with Gasteiger partial charge in [-0.05, 0) is 28.8 Å². The highest BCUT2D eigenvalue weighted by atomic mass is 35.5. The summed E-state index contributed by atoms with van der Waals surface area (Å²) in [6.45, 7) is 0.393. The number of benzene rings is 2. The van der Waals surface area contributed by atoms with E-state index >= 15 is 0 Å². The largest absolute Gasteiger partial charge is 0.478 e. The third-order valence-electron chi connectivity index (χ3n) is 2.66. The highest BCUT2D eigenvalue weighted by Gasteiger charge is 2.08. The summed E-state index contributed by atoms with van der Waals surface area (Å²) in [7, 11) is 0. The summed E-state index contributed by atoms with van der Waals surface area (Å²) < 4.78 is 0. The Bertz CT molecular complexity index is 541. The van der Waals surface area contributed by atoms with E-state index < -0.39 is 5.97 Å². The van der Waals surface area contributed by atoms with Crippen molar-refractivity contribution in [3.8, 4) is 11.1 Å². The minimum absolute atomic E-state index is 0. The fourth-order valence-corrected chi connectivity index (χ4v) is 1.77. The highest BCUT2D eigenvalue weighted by molar-refractivity contribution is 5.90. The van der Waals surface area contributed by atoms with Crippen LogP contribution in [0.3, 0.4) is 0 Å². The molecule has 0 aromatic heterocycles. The number of halogens is 1. The molecule has 2 aromatic carbocycles. The van der Waals surface area contributed by atoms with E-state index in [1.165, 1.54) is 0 Å². The fourth-order valence-electron chi connectivity index (χ4n) is 1.77. The zero-order chi connectivity index (χ0) is 12.3. The number of nitrogens with two attached hydrogens (primary N) is 1. The van der Waals surface area contributed by atoms with E-state index in [1.807, 2.05) is 30.3 Å². The average molecular weight is 264 g/mol. The highest BCUT2D eigenvalue weighted by Crippen LogP contribution is 2.24. The molecule has 0 saturated carbocycles. The predicted octanol–water partition coefficient (Wildman–Crippen LogP) is 2.93. The minimum Gasteiger partial charge on any atom is -0.478 e. The zero-order valence-corrected chi connectivity index (χ0v) is 10.5. The first-order valence-electron chi connectivity index (χ1n) is 5.34. The Morgan fingerprint density at radius 2 is 1.78 bits per heavy atom. The van der Waals surface area contributed by atoms with Crippen LogP contribution in [0.1, 0.15) is 15.9 Å². The van der Waals surface area contributed by atoms with Crippen LogP contribution in [0.5, 0.6) is 0 Å². The lowest BCUT2D eigenvalue weighted by Crippen LogP contribution is -2.02. The smallest absolute Gasteiger partial charge is 0.335 e. The molecule has 0 spiro atoms. The third-order valence-corrected chi connectivity index (χ3v) is 2.66. The van der Waals surface area contributed by atoms with Crippen molar-refractivity contribution < 1.29 is 9.90 Å². The van der Waals surface area contributed by atoms with Crippen LogP contribution in [0, 0.1) is 0 Å². The second-order valence-electron chi connectivity index (χ2n) is 3.75. The molecule has 0 aliphatic carbocycles. The molecular weight excluding hydrogens is 250 g/mol. The van der Waals surface area contributed by atoms with E-state index in [-0.39, 0.29) is 18.0 Å². The van der Waals surface area contributed by atoms with Crippen LogP contribution in [0.2, 0.25) is 0 Å². The van der Waals surface area contributed by atoms with E-state index in [0.29, 0.717) is 6.54 Å². The summed E-state index contributed by atoms with van der Waals surface area (Å²) >= 11 is 0. The summed E-state index contributed by atoms with van der Waals surface area (Å²) in [4.78, 5) is 11.0. The molecule has 0 bridgehead atoms. The summed E-state index contributed by atoms with van der Waals surface area (Å²) in [6, 6.07) is 14.7. The molecule has 0 aliphatic rings. The van der Waals surface area contributed by atoms with Gasteiger partial charge in [-0.1, -0.05) is 36.4 Å². The molecule has 2 rings (SSSR count). The average Bonchev–Trinajstić information content (AvgIpc) is 2.39. The quantitative estimate of drug-likeness (QED) is 0.895. The molecule has 0 radical (unpaired) electrons.